The first-order valence-corrected chi connectivity index (χ1v) is 7.57. The monoisotopic (exact) mass is 335 g/mol. The van der Waals surface area contributed by atoms with Crippen molar-refractivity contribution in [3.8, 4) is 11.1 Å². The average molecular weight is 336 g/mol. The molecule has 1 aliphatic carbocycles. The Kier molecular flexibility index (Phi) is 3.56. The highest BCUT2D eigenvalue weighted by Gasteiger charge is 2.38. The zero-order valence-corrected chi connectivity index (χ0v) is 13.0. The number of nitrogens with zero attached hydrogens (tertiary/aromatic N) is 1. The maximum Gasteiger partial charge on any atom is 0.153 e. The molecule has 106 valence electrons. The number of nitrogens with one attached hydrogen (secondary N) is 1. The molecule has 1 aliphatic rings. The van der Waals surface area contributed by atoms with Crippen LogP contribution in [-0.4, -0.2) is 22.9 Å². The van der Waals surface area contributed by atoms with Crippen molar-refractivity contribution >= 4 is 21.7 Å². The Morgan fingerprint density at radius 2 is 2.05 bits per heavy atom. The molecule has 0 atom stereocenters. The number of anilines is 1. The van der Waals surface area contributed by atoms with Gasteiger partial charge in [0.15, 0.2) is 5.82 Å². The Hall–Kier alpha value is -1.33. The molecule has 0 bridgehead atoms. The number of ether oxygens (including phenoxy) is 1. The SMILES string of the molecule is COC1(Cc2[nH]nc(N)c2-c2ccc(Br)cc2)CCC1. The van der Waals surface area contributed by atoms with Gasteiger partial charge < -0.3 is 10.5 Å². The third kappa shape index (κ3) is 2.36. The van der Waals surface area contributed by atoms with Crippen LogP contribution in [0.4, 0.5) is 5.82 Å². The molecule has 0 amide bonds. The van der Waals surface area contributed by atoms with E-state index in [1.54, 1.807) is 7.11 Å². The van der Waals surface area contributed by atoms with E-state index < -0.39 is 0 Å². The molecule has 1 saturated carbocycles. The molecular formula is C15H18BrN3O. The summed E-state index contributed by atoms with van der Waals surface area (Å²) in [6.07, 6.45) is 4.26. The number of nitrogen functional groups attached to an aromatic ring is 1. The Morgan fingerprint density at radius 3 is 2.60 bits per heavy atom. The van der Waals surface area contributed by atoms with E-state index in [1.807, 2.05) is 12.1 Å². The predicted molar refractivity (Wildman–Crippen MR) is 83.4 cm³/mol. The third-order valence-electron chi connectivity index (χ3n) is 4.20. The van der Waals surface area contributed by atoms with Crippen molar-refractivity contribution in [1.29, 1.82) is 0 Å². The molecule has 1 aromatic heterocycles. The average Bonchev–Trinajstić information content (AvgIpc) is 2.76. The summed E-state index contributed by atoms with van der Waals surface area (Å²) >= 11 is 3.45. The van der Waals surface area contributed by atoms with Gasteiger partial charge in [-0.2, -0.15) is 5.10 Å². The molecular weight excluding hydrogens is 318 g/mol. The number of rotatable bonds is 4. The van der Waals surface area contributed by atoms with Crippen molar-refractivity contribution in [3.63, 3.8) is 0 Å². The lowest BCUT2D eigenvalue weighted by Gasteiger charge is -2.40. The maximum absolute atomic E-state index is 6.04. The Labute approximate surface area is 126 Å². The van der Waals surface area contributed by atoms with Crippen molar-refractivity contribution in [2.75, 3.05) is 12.8 Å². The smallest absolute Gasteiger partial charge is 0.153 e. The van der Waals surface area contributed by atoms with E-state index in [4.69, 9.17) is 10.5 Å². The van der Waals surface area contributed by atoms with Gasteiger partial charge in [-0.05, 0) is 37.0 Å². The van der Waals surface area contributed by atoms with Crippen molar-refractivity contribution in [2.24, 2.45) is 0 Å². The number of halogens is 1. The van der Waals surface area contributed by atoms with E-state index in [0.29, 0.717) is 5.82 Å². The summed E-state index contributed by atoms with van der Waals surface area (Å²) in [5.41, 5.74) is 9.14. The van der Waals surface area contributed by atoms with Crippen LogP contribution in [0.1, 0.15) is 25.0 Å². The van der Waals surface area contributed by atoms with Gasteiger partial charge in [0.05, 0.1) is 5.60 Å². The Bertz CT molecular complexity index is 597. The molecule has 0 aliphatic heterocycles. The molecule has 3 N–H and O–H groups in total. The molecule has 5 heteroatoms. The highest BCUT2D eigenvalue weighted by molar-refractivity contribution is 9.10. The highest BCUT2D eigenvalue weighted by Crippen LogP contribution is 2.40. The molecule has 4 nitrogen and oxygen atoms in total. The van der Waals surface area contributed by atoms with Crippen LogP contribution in [0, 0.1) is 0 Å². The lowest BCUT2D eigenvalue weighted by atomic mass is 9.76. The van der Waals surface area contributed by atoms with Crippen LogP contribution in [0.3, 0.4) is 0 Å². The second-order valence-corrected chi connectivity index (χ2v) is 6.30. The van der Waals surface area contributed by atoms with Gasteiger partial charge in [-0.1, -0.05) is 28.1 Å². The van der Waals surface area contributed by atoms with E-state index >= 15 is 0 Å². The first-order valence-electron chi connectivity index (χ1n) is 6.77. The lowest BCUT2D eigenvalue weighted by molar-refractivity contribution is -0.0713. The second kappa shape index (κ2) is 5.22. The van der Waals surface area contributed by atoms with Gasteiger partial charge in [0.2, 0.25) is 0 Å². The second-order valence-electron chi connectivity index (χ2n) is 5.39. The fourth-order valence-corrected chi connectivity index (χ4v) is 3.07. The summed E-state index contributed by atoms with van der Waals surface area (Å²) in [6, 6.07) is 8.13. The zero-order valence-electron chi connectivity index (χ0n) is 11.4. The van der Waals surface area contributed by atoms with E-state index in [2.05, 4.69) is 38.3 Å². The van der Waals surface area contributed by atoms with Gasteiger partial charge in [0.1, 0.15) is 0 Å². The molecule has 2 aromatic rings. The standard InChI is InChI=1S/C15H18BrN3O/c1-20-15(7-2-8-15)9-12-13(14(17)19-18-12)10-3-5-11(16)6-4-10/h3-6H,2,7-9H2,1H3,(H3,17,18,19). The van der Waals surface area contributed by atoms with Gasteiger partial charge >= 0.3 is 0 Å². The minimum Gasteiger partial charge on any atom is -0.382 e. The van der Waals surface area contributed by atoms with Crippen molar-refractivity contribution in [1.82, 2.24) is 10.2 Å². The van der Waals surface area contributed by atoms with Gasteiger partial charge in [0.25, 0.3) is 0 Å². The van der Waals surface area contributed by atoms with E-state index in [1.165, 1.54) is 6.42 Å². The molecule has 20 heavy (non-hydrogen) atoms. The Morgan fingerprint density at radius 1 is 1.35 bits per heavy atom. The van der Waals surface area contributed by atoms with Crippen LogP contribution >= 0.6 is 15.9 Å². The number of hydrogen-bond acceptors (Lipinski definition) is 3. The molecule has 0 spiro atoms. The minimum atomic E-state index is -0.0386. The number of H-pyrrole nitrogens is 1. The highest BCUT2D eigenvalue weighted by atomic mass is 79.9. The van der Waals surface area contributed by atoms with E-state index in [9.17, 15) is 0 Å². The van der Waals surface area contributed by atoms with Gasteiger partial charge in [-0.15, -0.1) is 0 Å². The zero-order chi connectivity index (χ0) is 14.2. The van der Waals surface area contributed by atoms with Crippen LogP contribution in [0.5, 0.6) is 0 Å². The number of methoxy groups -OCH3 is 1. The number of aromatic amines is 1. The van der Waals surface area contributed by atoms with Gasteiger partial charge in [0, 0.05) is 29.3 Å². The third-order valence-corrected chi connectivity index (χ3v) is 4.73. The van der Waals surface area contributed by atoms with Crippen LogP contribution in [0.15, 0.2) is 28.7 Å². The lowest BCUT2D eigenvalue weighted by Crippen LogP contribution is -2.41. The first kappa shape index (κ1) is 13.6. The minimum absolute atomic E-state index is 0.0386. The van der Waals surface area contributed by atoms with Crippen LogP contribution in [0.2, 0.25) is 0 Å². The fourth-order valence-electron chi connectivity index (χ4n) is 2.81. The van der Waals surface area contributed by atoms with Crippen molar-refractivity contribution in [3.05, 3.63) is 34.4 Å². The summed E-state index contributed by atoms with van der Waals surface area (Å²) in [5.74, 6) is 0.549. The van der Waals surface area contributed by atoms with Crippen LogP contribution in [0.25, 0.3) is 11.1 Å². The molecule has 0 unspecified atom stereocenters. The molecule has 3 rings (SSSR count). The number of benzene rings is 1. The summed E-state index contributed by atoms with van der Waals surface area (Å²) < 4.78 is 6.75. The first-order chi connectivity index (χ1) is 9.63. The number of aromatic nitrogens is 2. The fraction of sp³-hybridized carbons (Fsp3) is 0.400. The number of nitrogens with two attached hydrogens (primary N) is 1. The van der Waals surface area contributed by atoms with Crippen LogP contribution in [-0.2, 0) is 11.2 Å². The summed E-state index contributed by atoms with van der Waals surface area (Å²) in [5, 5.41) is 7.26. The molecule has 0 radical (unpaired) electrons. The Balaban J connectivity index is 1.95. The van der Waals surface area contributed by atoms with Crippen molar-refractivity contribution < 1.29 is 4.74 Å². The van der Waals surface area contributed by atoms with E-state index in [-0.39, 0.29) is 5.60 Å². The van der Waals surface area contributed by atoms with Gasteiger partial charge in [-0.3, -0.25) is 5.10 Å². The van der Waals surface area contributed by atoms with Gasteiger partial charge in [-0.25, -0.2) is 0 Å². The predicted octanol–water partition coefficient (Wildman–Crippen LogP) is 3.53. The molecule has 1 fully saturated rings. The molecule has 0 saturated heterocycles. The van der Waals surface area contributed by atoms with Crippen molar-refractivity contribution in [2.45, 2.75) is 31.3 Å². The summed E-state index contributed by atoms with van der Waals surface area (Å²) in [6.45, 7) is 0. The molecule has 1 aromatic carbocycles. The summed E-state index contributed by atoms with van der Waals surface area (Å²) in [4.78, 5) is 0. The quantitative estimate of drug-likeness (QED) is 0.898. The summed E-state index contributed by atoms with van der Waals surface area (Å²) in [7, 11) is 1.79. The van der Waals surface area contributed by atoms with E-state index in [0.717, 1.165) is 40.6 Å². The normalized spacial score (nSPS) is 16.9. The largest absolute Gasteiger partial charge is 0.382 e. The molecule has 1 heterocycles. The maximum atomic E-state index is 6.04. The number of hydrogen-bond donors (Lipinski definition) is 2. The topological polar surface area (TPSA) is 63.9 Å². The van der Waals surface area contributed by atoms with Crippen LogP contribution < -0.4 is 5.73 Å².